The third kappa shape index (κ3) is 3.06. The molecular weight excluding hydrogens is 332 g/mol. The highest BCUT2D eigenvalue weighted by molar-refractivity contribution is 7.14. The summed E-state index contributed by atoms with van der Waals surface area (Å²) < 4.78 is 0. The predicted molar refractivity (Wildman–Crippen MR) is 103 cm³/mol. The molecule has 1 saturated heterocycles. The SMILES string of the molecule is CC1(c2nc(-c3cccs3)cs2)CCCCN1Cc1ccccc1. The highest BCUT2D eigenvalue weighted by atomic mass is 32.1. The first kappa shape index (κ1) is 16.0. The number of benzene rings is 1. The lowest BCUT2D eigenvalue weighted by Crippen LogP contribution is -2.46. The smallest absolute Gasteiger partial charge is 0.113 e. The van der Waals surface area contributed by atoms with E-state index in [4.69, 9.17) is 4.98 Å². The van der Waals surface area contributed by atoms with Crippen LogP contribution in [0.2, 0.25) is 0 Å². The monoisotopic (exact) mass is 354 g/mol. The summed E-state index contributed by atoms with van der Waals surface area (Å²) in [6.07, 6.45) is 3.76. The van der Waals surface area contributed by atoms with E-state index in [9.17, 15) is 0 Å². The first-order chi connectivity index (χ1) is 11.8. The molecule has 0 amide bonds. The minimum absolute atomic E-state index is 0.0499. The van der Waals surface area contributed by atoms with E-state index in [1.54, 1.807) is 11.3 Å². The van der Waals surface area contributed by atoms with Crippen LogP contribution < -0.4 is 0 Å². The van der Waals surface area contributed by atoms with Crippen molar-refractivity contribution in [2.75, 3.05) is 6.54 Å². The molecule has 0 radical (unpaired) electrons. The Hall–Kier alpha value is -1.49. The van der Waals surface area contributed by atoms with Crippen LogP contribution in [-0.2, 0) is 12.1 Å². The molecule has 1 aliphatic heterocycles. The Bertz CT molecular complexity index is 779. The summed E-state index contributed by atoms with van der Waals surface area (Å²) in [5.74, 6) is 0. The third-order valence-corrected chi connectivity index (χ3v) is 6.98. The zero-order valence-corrected chi connectivity index (χ0v) is 15.6. The Morgan fingerprint density at radius 1 is 1.08 bits per heavy atom. The molecule has 1 aromatic carbocycles. The molecule has 1 fully saturated rings. The molecule has 0 aliphatic carbocycles. The van der Waals surface area contributed by atoms with Crippen molar-refractivity contribution in [2.24, 2.45) is 0 Å². The molecule has 24 heavy (non-hydrogen) atoms. The molecule has 2 aromatic heterocycles. The molecule has 1 atom stereocenters. The number of thiophene rings is 1. The Balaban J connectivity index is 1.63. The number of likely N-dealkylation sites (tertiary alicyclic amines) is 1. The van der Waals surface area contributed by atoms with E-state index in [0.29, 0.717) is 0 Å². The van der Waals surface area contributed by atoms with Crippen LogP contribution in [-0.4, -0.2) is 16.4 Å². The number of piperidine rings is 1. The fraction of sp³-hybridized carbons (Fsp3) is 0.350. The quantitative estimate of drug-likeness (QED) is 0.591. The minimum atomic E-state index is 0.0499. The van der Waals surface area contributed by atoms with Gasteiger partial charge in [-0.2, -0.15) is 0 Å². The molecule has 1 unspecified atom stereocenters. The standard InChI is InChI=1S/C20H22N2S2/c1-20(19-21-17(15-24-19)18-10-7-13-23-18)11-5-6-12-22(20)14-16-8-3-2-4-9-16/h2-4,7-10,13,15H,5-6,11-12,14H2,1H3. The summed E-state index contributed by atoms with van der Waals surface area (Å²) in [5, 5.41) is 5.61. The molecule has 4 rings (SSSR count). The van der Waals surface area contributed by atoms with Crippen LogP contribution in [0.25, 0.3) is 10.6 Å². The molecule has 2 nitrogen and oxygen atoms in total. The van der Waals surface area contributed by atoms with Crippen molar-refractivity contribution in [1.82, 2.24) is 9.88 Å². The van der Waals surface area contributed by atoms with E-state index in [0.717, 1.165) is 18.8 Å². The van der Waals surface area contributed by atoms with Crippen LogP contribution in [0.4, 0.5) is 0 Å². The van der Waals surface area contributed by atoms with Crippen LogP contribution in [0.3, 0.4) is 0 Å². The summed E-state index contributed by atoms with van der Waals surface area (Å²) in [6.45, 7) is 4.54. The third-order valence-electron chi connectivity index (χ3n) is 4.99. The summed E-state index contributed by atoms with van der Waals surface area (Å²) in [7, 11) is 0. The Morgan fingerprint density at radius 3 is 2.75 bits per heavy atom. The second-order valence-electron chi connectivity index (χ2n) is 6.65. The van der Waals surface area contributed by atoms with Crippen LogP contribution in [0.1, 0.15) is 36.8 Å². The van der Waals surface area contributed by atoms with E-state index in [1.807, 2.05) is 11.3 Å². The lowest BCUT2D eigenvalue weighted by molar-refractivity contribution is 0.0510. The molecule has 0 bridgehead atoms. The zero-order chi connectivity index (χ0) is 16.4. The van der Waals surface area contributed by atoms with Crippen molar-refractivity contribution < 1.29 is 0 Å². The maximum absolute atomic E-state index is 5.03. The van der Waals surface area contributed by atoms with E-state index < -0.39 is 0 Å². The molecule has 124 valence electrons. The van der Waals surface area contributed by atoms with Crippen LogP contribution in [0.5, 0.6) is 0 Å². The van der Waals surface area contributed by atoms with Crippen molar-refractivity contribution in [3.05, 3.63) is 63.8 Å². The topological polar surface area (TPSA) is 16.1 Å². The number of hydrogen-bond acceptors (Lipinski definition) is 4. The number of thiazole rings is 1. The average Bonchev–Trinajstić information content (AvgIpc) is 3.29. The zero-order valence-electron chi connectivity index (χ0n) is 13.9. The molecule has 3 heterocycles. The van der Waals surface area contributed by atoms with Gasteiger partial charge >= 0.3 is 0 Å². The van der Waals surface area contributed by atoms with E-state index in [2.05, 4.69) is 65.0 Å². The van der Waals surface area contributed by atoms with Gasteiger partial charge in [0.1, 0.15) is 5.01 Å². The number of hydrogen-bond donors (Lipinski definition) is 0. The lowest BCUT2D eigenvalue weighted by atomic mass is 9.88. The van der Waals surface area contributed by atoms with Gasteiger partial charge in [0.25, 0.3) is 0 Å². The van der Waals surface area contributed by atoms with Gasteiger partial charge in [0.05, 0.1) is 16.1 Å². The number of aromatic nitrogens is 1. The number of nitrogens with zero attached hydrogens (tertiary/aromatic N) is 2. The van der Waals surface area contributed by atoms with Crippen LogP contribution >= 0.6 is 22.7 Å². The summed E-state index contributed by atoms with van der Waals surface area (Å²) in [6, 6.07) is 15.1. The van der Waals surface area contributed by atoms with Crippen molar-refractivity contribution in [3.8, 4) is 10.6 Å². The van der Waals surface area contributed by atoms with Crippen LogP contribution in [0.15, 0.2) is 53.2 Å². The summed E-state index contributed by atoms with van der Waals surface area (Å²) in [4.78, 5) is 8.93. The van der Waals surface area contributed by atoms with Crippen LogP contribution in [0, 0.1) is 0 Å². The highest BCUT2D eigenvalue weighted by Crippen LogP contribution is 2.41. The fourth-order valence-electron chi connectivity index (χ4n) is 3.53. The fourth-order valence-corrected chi connectivity index (χ4v) is 5.33. The summed E-state index contributed by atoms with van der Waals surface area (Å²) in [5.41, 5.74) is 2.57. The maximum Gasteiger partial charge on any atom is 0.113 e. The van der Waals surface area contributed by atoms with Gasteiger partial charge < -0.3 is 0 Å². The molecule has 4 heteroatoms. The van der Waals surface area contributed by atoms with Crippen molar-refractivity contribution in [1.29, 1.82) is 0 Å². The van der Waals surface area contributed by atoms with E-state index >= 15 is 0 Å². The molecule has 3 aromatic rings. The second-order valence-corrected chi connectivity index (χ2v) is 8.46. The van der Waals surface area contributed by atoms with Gasteiger partial charge in [-0.15, -0.1) is 22.7 Å². The van der Waals surface area contributed by atoms with Crippen molar-refractivity contribution in [3.63, 3.8) is 0 Å². The second kappa shape index (κ2) is 6.79. The average molecular weight is 355 g/mol. The molecule has 0 N–H and O–H groups in total. The lowest BCUT2D eigenvalue weighted by Gasteiger charge is -2.43. The van der Waals surface area contributed by atoms with Gasteiger partial charge in [-0.25, -0.2) is 4.98 Å². The van der Waals surface area contributed by atoms with Gasteiger partial charge in [-0.3, -0.25) is 4.90 Å². The molecule has 0 spiro atoms. The Labute approximate surface area is 151 Å². The van der Waals surface area contributed by atoms with Crippen molar-refractivity contribution in [2.45, 2.75) is 38.3 Å². The van der Waals surface area contributed by atoms with E-state index in [-0.39, 0.29) is 5.54 Å². The largest absolute Gasteiger partial charge is 0.287 e. The van der Waals surface area contributed by atoms with Gasteiger partial charge in [-0.1, -0.05) is 36.4 Å². The summed E-state index contributed by atoms with van der Waals surface area (Å²) >= 11 is 3.59. The predicted octanol–water partition coefficient (Wildman–Crippen LogP) is 5.77. The van der Waals surface area contributed by atoms with E-state index in [1.165, 1.54) is 34.7 Å². The number of rotatable bonds is 4. The first-order valence-electron chi connectivity index (χ1n) is 8.54. The van der Waals surface area contributed by atoms with Gasteiger partial charge in [0.2, 0.25) is 0 Å². The first-order valence-corrected chi connectivity index (χ1v) is 10.3. The molecule has 1 aliphatic rings. The maximum atomic E-state index is 5.03. The highest BCUT2D eigenvalue weighted by Gasteiger charge is 2.38. The van der Waals surface area contributed by atoms with Gasteiger partial charge in [0, 0.05) is 11.9 Å². The minimum Gasteiger partial charge on any atom is -0.287 e. The Kier molecular flexibility index (Phi) is 4.53. The van der Waals surface area contributed by atoms with Gasteiger partial charge in [0.15, 0.2) is 0 Å². The molecular formula is C20H22N2S2. The Morgan fingerprint density at radius 2 is 1.96 bits per heavy atom. The van der Waals surface area contributed by atoms with Gasteiger partial charge in [-0.05, 0) is 49.7 Å². The van der Waals surface area contributed by atoms with Crippen molar-refractivity contribution >= 4 is 22.7 Å². The normalized spacial score (nSPS) is 21.9. The molecule has 0 saturated carbocycles.